The Hall–Kier alpha value is -2.41. The Morgan fingerprint density at radius 1 is 1.16 bits per heavy atom. The maximum absolute atomic E-state index is 12.5. The SMILES string of the molecule is CC(=O)Nc1ccc(NC(=O)C[C@@H]2OC[C@@H]3CCCCN3C2=O)cc1. The molecule has 0 aromatic heterocycles. The predicted octanol–water partition coefficient (Wildman–Crippen LogP) is 1.75. The minimum Gasteiger partial charge on any atom is -0.366 e. The van der Waals surface area contributed by atoms with Crippen LogP contribution < -0.4 is 10.6 Å². The molecule has 2 atom stereocenters. The zero-order valence-electron chi connectivity index (χ0n) is 14.3. The van der Waals surface area contributed by atoms with Crippen molar-refractivity contribution in [1.82, 2.24) is 4.90 Å². The number of piperidine rings is 1. The summed E-state index contributed by atoms with van der Waals surface area (Å²) in [6, 6.07) is 6.98. The average molecular weight is 345 g/mol. The highest BCUT2D eigenvalue weighted by molar-refractivity contribution is 5.95. The Kier molecular flexibility index (Phi) is 5.33. The van der Waals surface area contributed by atoms with E-state index in [1.165, 1.54) is 6.92 Å². The van der Waals surface area contributed by atoms with Gasteiger partial charge in [-0.05, 0) is 43.5 Å². The molecule has 0 spiro atoms. The normalized spacial score (nSPS) is 22.9. The highest BCUT2D eigenvalue weighted by atomic mass is 16.5. The van der Waals surface area contributed by atoms with Crippen molar-refractivity contribution in [2.24, 2.45) is 0 Å². The number of hydrogen-bond acceptors (Lipinski definition) is 4. The number of anilines is 2. The lowest BCUT2D eigenvalue weighted by atomic mass is 9.99. The number of carbonyl (C=O) groups excluding carboxylic acids is 3. The molecule has 2 aliphatic heterocycles. The van der Waals surface area contributed by atoms with Crippen LogP contribution in [0.15, 0.2) is 24.3 Å². The molecule has 0 radical (unpaired) electrons. The molecule has 2 heterocycles. The molecule has 0 aliphatic carbocycles. The molecular formula is C18H23N3O4. The van der Waals surface area contributed by atoms with Crippen molar-refractivity contribution in [1.29, 1.82) is 0 Å². The van der Waals surface area contributed by atoms with Crippen LogP contribution in [-0.4, -0.2) is 47.9 Å². The molecule has 7 heteroatoms. The summed E-state index contributed by atoms with van der Waals surface area (Å²) >= 11 is 0. The Balaban J connectivity index is 1.53. The first-order valence-electron chi connectivity index (χ1n) is 8.62. The summed E-state index contributed by atoms with van der Waals surface area (Å²) in [5.74, 6) is -0.492. The van der Waals surface area contributed by atoms with Gasteiger partial charge in [0.2, 0.25) is 11.8 Å². The lowest BCUT2D eigenvalue weighted by molar-refractivity contribution is -0.163. The molecule has 2 N–H and O–H groups in total. The summed E-state index contributed by atoms with van der Waals surface area (Å²) in [5, 5.41) is 5.42. The van der Waals surface area contributed by atoms with Gasteiger partial charge in [-0.25, -0.2) is 0 Å². The number of carbonyl (C=O) groups is 3. The lowest BCUT2D eigenvalue weighted by Gasteiger charge is -2.41. The number of nitrogens with zero attached hydrogens (tertiary/aromatic N) is 1. The van der Waals surface area contributed by atoms with E-state index in [0.29, 0.717) is 18.0 Å². The maximum atomic E-state index is 12.5. The molecule has 0 saturated carbocycles. The monoisotopic (exact) mass is 345 g/mol. The summed E-state index contributed by atoms with van der Waals surface area (Å²) in [5.41, 5.74) is 1.27. The van der Waals surface area contributed by atoms with Crippen molar-refractivity contribution >= 4 is 29.1 Å². The number of benzene rings is 1. The first-order chi connectivity index (χ1) is 12.0. The molecule has 3 amide bonds. The van der Waals surface area contributed by atoms with Crippen LogP contribution in [0.2, 0.25) is 0 Å². The van der Waals surface area contributed by atoms with Gasteiger partial charge < -0.3 is 20.3 Å². The fraction of sp³-hybridized carbons (Fsp3) is 0.500. The smallest absolute Gasteiger partial charge is 0.252 e. The second-order valence-corrected chi connectivity index (χ2v) is 6.51. The third-order valence-corrected chi connectivity index (χ3v) is 4.54. The number of fused-ring (bicyclic) bond motifs is 1. The van der Waals surface area contributed by atoms with Gasteiger partial charge >= 0.3 is 0 Å². The summed E-state index contributed by atoms with van der Waals surface area (Å²) in [4.78, 5) is 37.6. The number of ether oxygens (including phenoxy) is 1. The molecule has 1 aromatic carbocycles. The van der Waals surface area contributed by atoms with Crippen molar-refractivity contribution in [2.45, 2.75) is 44.8 Å². The highest BCUT2D eigenvalue weighted by Crippen LogP contribution is 2.24. The van der Waals surface area contributed by atoms with Crippen LogP contribution in [0.5, 0.6) is 0 Å². The van der Waals surface area contributed by atoms with Gasteiger partial charge in [-0.2, -0.15) is 0 Å². The molecule has 2 fully saturated rings. The Bertz CT molecular complexity index is 659. The van der Waals surface area contributed by atoms with E-state index in [1.807, 2.05) is 4.90 Å². The van der Waals surface area contributed by atoms with Crippen molar-refractivity contribution in [3.05, 3.63) is 24.3 Å². The Morgan fingerprint density at radius 3 is 2.52 bits per heavy atom. The Morgan fingerprint density at radius 2 is 1.84 bits per heavy atom. The summed E-state index contributed by atoms with van der Waals surface area (Å²) in [6.07, 6.45) is 2.42. The first-order valence-corrected chi connectivity index (χ1v) is 8.62. The van der Waals surface area contributed by atoms with E-state index in [9.17, 15) is 14.4 Å². The van der Waals surface area contributed by atoms with E-state index in [2.05, 4.69) is 10.6 Å². The molecule has 3 rings (SSSR count). The third-order valence-electron chi connectivity index (χ3n) is 4.54. The zero-order chi connectivity index (χ0) is 17.8. The van der Waals surface area contributed by atoms with Gasteiger partial charge in [0.05, 0.1) is 19.1 Å². The Labute approximate surface area is 146 Å². The van der Waals surface area contributed by atoms with Gasteiger partial charge in [-0.1, -0.05) is 0 Å². The zero-order valence-corrected chi connectivity index (χ0v) is 14.3. The van der Waals surface area contributed by atoms with Crippen molar-refractivity contribution < 1.29 is 19.1 Å². The number of morpholine rings is 1. The quantitative estimate of drug-likeness (QED) is 0.870. The van der Waals surface area contributed by atoms with Crippen molar-refractivity contribution in [2.75, 3.05) is 23.8 Å². The summed E-state index contributed by atoms with van der Waals surface area (Å²) in [6.45, 7) is 2.70. The van der Waals surface area contributed by atoms with Crippen LogP contribution in [0.4, 0.5) is 11.4 Å². The molecule has 0 bridgehead atoms. The molecule has 2 saturated heterocycles. The van der Waals surface area contributed by atoms with Gasteiger partial charge in [0.25, 0.3) is 5.91 Å². The van der Waals surface area contributed by atoms with Crippen molar-refractivity contribution in [3.8, 4) is 0 Å². The first kappa shape index (κ1) is 17.4. The summed E-state index contributed by atoms with van der Waals surface area (Å²) in [7, 11) is 0. The van der Waals surface area contributed by atoms with Crippen molar-refractivity contribution in [3.63, 3.8) is 0 Å². The third kappa shape index (κ3) is 4.36. The van der Waals surface area contributed by atoms with Crippen LogP contribution in [0, 0.1) is 0 Å². The number of nitrogens with one attached hydrogen (secondary N) is 2. The molecule has 1 aromatic rings. The standard InChI is InChI=1S/C18H23N3O4/c1-12(22)19-13-5-7-14(8-6-13)20-17(23)10-16-18(24)21-9-3-2-4-15(21)11-25-16/h5-8,15-16H,2-4,9-11H2,1H3,(H,19,22)(H,20,23)/t15-,16-/m0/s1. The van der Waals surface area contributed by atoms with E-state index < -0.39 is 6.10 Å². The van der Waals surface area contributed by atoms with E-state index >= 15 is 0 Å². The summed E-state index contributed by atoms with van der Waals surface area (Å²) < 4.78 is 5.63. The van der Waals surface area contributed by atoms with Crippen LogP contribution in [-0.2, 0) is 19.1 Å². The molecule has 134 valence electrons. The van der Waals surface area contributed by atoms with Gasteiger partial charge in [0.1, 0.15) is 6.10 Å². The van der Waals surface area contributed by atoms with Crippen LogP contribution in [0.25, 0.3) is 0 Å². The van der Waals surface area contributed by atoms with Gasteiger partial charge in [-0.3, -0.25) is 14.4 Å². The van der Waals surface area contributed by atoms with E-state index in [0.717, 1.165) is 25.8 Å². The molecule has 2 aliphatic rings. The van der Waals surface area contributed by atoms with E-state index in [-0.39, 0.29) is 30.2 Å². The van der Waals surface area contributed by atoms with Gasteiger partial charge in [-0.15, -0.1) is 0 Å². The minimum absolute atomic E-state index is 0.00943. The highest BCUT2D eigenvalue weighted by Gasteiger charge is 2.38. The number of amides is 3. The number of hydrogen-bond donors (Lipinski definition) is 2. The molecule has 25 heavy (non-hydrogen) atoms. The fourth-order valence-corrected chi connectivity index (χ4v) is 3.31. The van der Waals surface area contributed by atoms with Crippen LogP contribution in [0.1, 0.15) is 32.6 Å². The second kappa shape index (κ2) is 7.65. The lowest BCUT2D eigenvalue weighted by Crippen LogP contribution is -2.56. The molecule has 0 unspecified atom stereocenters. The van der Waals surface area contributed by atoms with E-state index in [4.69, 9.17) is 4.74 Å². The fourth-order valence-electron chi connectivity index (χ4n) is 3.31. The second-order valence-electron chi connectivity index (χ2n) is 6.51. The number of rotatable bonds is 4. The average Bonchev–Trinajstić information content (AvgIpc) is 2.59. The maximum Gasteiger partial charge on any atom is 0.252 e. The van der Waals surface area contributed by atoms with Gasteiger partial charge in [0, 0.05) is 24.8 Å². The van der Waals surface area contributed by atoms with E-state index in [1.54, 1.807) is 24.3 Å². The van der Waals surface area contributed by atoms with Crippen LogP contribution in [0.3, 0.4) is 0 Å². The predicted molar refractivity (Wildman–Crippen MR) is 93.1 cm³/mol. The largest absolute Gasteiger partial charge is 0.366 e. The molecule has 7 nitrogen and oxygen atoms in total. The molecular weight excluding hydrogens is 322 g/mol. The minimum atomic E-state index is -0.701. The topological polar surface area (TPSA) is 87.7 Å². The van der Waals surface area contributed by atoms with Crippen LogP contribution >= 0.6 is 0 Å². The van der Waals surface area contributed by atoms with Gasteiger partial charge in [0.15, 0.2) is 0 Å².